The van der Waals surface area contributed by atoms with Gasteiger partial charge in [-0.15, -0.1) is 0 Å². The molecule has 0 aliphatic heterocycles. The van der Waals surface area contributed by atoms with Crippen molar-refractivity contribution in [1.29, 1.82) is 0 Å². The number of benzene rings is 2. The Hall–Kier alpha value is -1.12. The summed E-state index contributed by atoms with van der Waals surface area (Å²) >= 11 is 2.06. The normalized spacial score (nSPS) is 12.9. The van der Waals surface area contributed by atoms with Gasteiger partial charge in [-0.05, 0) is 65.3 Å². The van der Waals surface area contributed by atoms with Gasteiger partial charge in [-0.1, -0.05) is 31.2 Å². The molecule has 0 radical (unpaired) electrons. The molecule has 6 heteroatoms. The fourth-order valence-corrected chi connectivity index (χ4v) is 4.43. The Morgan fingerprint density at radius 2 is 1.83 bits per heavy atom. The lowest BCUT2D eigenvalue weighted by molar-refractivity contribution is 0.411. The standard InChI is InChI=1S/C17H20INO3S/c1-4-13-5-7-14(8-6-13)12(2)19-23(20,21)15-9-10-17(22-3)16(18)11-15/h5-12,19H,4H2,1-3H3/t12-/m0/s1. The summed E-state index contributed by atoms with van der Waals surface area (Å²) in [7, 11) is -2.02. The van der Waals surface area contributed by atoms with Gasteiger partial charge >= 0.3 is 0 Å². The van der Waals surface area contributed by atoms with Gasteiger partial charge < -0.3 is 4.74 Å². The predicted octanol–water partition coefficient (Wildman–Crippen LogP) is 3.90. The van der Waals surface area contributed by atoms with Crippen LogP contribution >= 0.6 is 22.6 Å². The van der Waals surface area contributed by atoms with Crippen LogP contribution in [-0.2, 0) is 16.4 Å². The molecule has 1 atom stereocenters. The number of hydrogen-bond acceptors (Lipinski definition) is 3. The van der Waals surface area contributed by atoms with Crippen LogP contribution in [0.5, 0.6) is 5.75 Å². The molecule has 0 heterocycles. The average Bonchev–Trinajstić information content (AvgIpc) is 2.54. The molecule has 0 aromatic heterocycles. The van der Waals surface area contributed by atoms with E-state index in [0.717, 1.165) is 15.6 Å². The van der Waals surface area contributed by atoms with Crippen LogP contribution in [0.4, 0.5) is 0 Å². The molecule has 124 valence electrons. The Labute approximate surface area is 151 Å². The van der Waals surface area contributed by atoms with Crippen molar-refractivity contribution in [2.45, 2.75) is 31.2 Å². The van der Waals surface area contributed by atoms with Crippen molar-refractivity contribution in [2.24, 2.45) is 0 Å². The number of nitrogens with one attached hydrogen (secondary N) is 1. The molecule has 2 rings (SSSR count). The van der Waals surface area contributed by atoms with Gasteiger partial charge in [-0.2, -0.15) is 0 Å². The highest BCUT2D eigenvalue weighted by Crippen LogP contribution is 2.25. The topological polar surface area (TPSA) is 55.4 Å². The van der Waals surface area contributed by atoms with E-state index in [9.17, 15) is 8.42 Å². The van der Waals surface area contributed by atoms with Crippen LogP contribution in [0.25, 0.3) is 0 Å². The van der Waals surface area contributed by atoms with E-state index in [4.69, 9.17) is 4.74 Å². The van der Waals surface area contributed by atoms with Crippen molar-refractivity contribution in [1.82, 2.24) is 4.72 Å². The van der Waals surface area contributed by atoms with E-state index < -0.39 is 10.0 Å². The molecular formula is C17H20INO3S. The van der Waals surface area contributed by atoms with Gasteiger partial charge in [0.1, 0.15) is 5.75 Å². The molecule has 0 unspecified atom stereocenters. The van der Waals surface area contributed by atoms with Crippen LogP contribution in [0.15, 0.2) is 47.4 Å². The Balaban J connectivity index is 2.21. The number of hydrogen-bond donors (Lipinski definition) is 1. The van der Waals surface area contributed by atoms with E-state index in [-0.39, 0.29) is 10.9 Å². The van der Waals surface area contributed by atoms with Crippen molar-refractivity contribution in [3.05, 3.63) is 57.2 Å². The Morgan fingerprint density at radius 3 is 2.35 bits per heavy atom. The zero-order valence-corrected chi connectivity index (χ0v) is 16.3. The van der Waals surface area contributed by atoms with Crippen LogP contribution in [-0.4, -0.2) is 15.5 Å². The van der Waals surface area contributed by atoms with Crippen molar-refractivity contribution in [3.63, 3.8) is 0 Å². The summed E-state index contributed by atoms with van der Waals surface area (Å²) in [5.74, 6) is 0.660. The summed E-state index contributed by atoms with van der Waals surface area (Å²) in [5, 5.41) is 0. The first-order chi connectivity index (χ1) is 10.9. The van der Waals surface area contributed by atoms with E-state index in [1.807, 2.05) is 31.2 Å². The second-order valence-electron chi connectivity index (χ2n) is 5.23. The van der Waals surface area contributed by atoms with Crippen molar-refractivity contribution in [3.8, 4) is 5.75 Å². The molecule has 23 heavy (non-hydrogen) atoms. The van der Waals surface area contributed by atoms with Crippen LogP contribution in [0.1, 0.15) is 31.0 Å². The smallest absolute Gasteiger partial charge is 0.241 e. The molecule has 0 aliphatic rings. The van der Waals surface area contributed by atoms with Gasteiger partial charge in [0.25, 0.3) is 0 Å². The quantitative estimate of drug-likeness (QED) is 0.687. The summed E-state index contributed by atoms with van der Waals surface area (Å²) in [4.78, 5) is 0.236. The first kappa shape index (κ1) is 18.2. The molecule has 0 saturated carbocycles. The maximum absolute atomic E-state index is 12.5. The average molecular weight is 445 g/mol. The van der Waals surface area contributed by atoms with Gasteiger partial charge in [0, 0.05) is 6.04 Å². The summed E-state index contributed by atoms with van der Waals surface area (Å²) < 4.78 is 33.7. The minimum atomic E-state index is -3.58. The molecule has 0 amide bonds. The maximum atomic E-state index is 12.5. The first-order valence-corrected chi connectivity index (χ1v) is 9.88. The highest BCUT2D eigenvalue weighted by molar-refractivity contribution is 14.1. The fourth-order valence-electron chi connectivity index (χ4n) is 2.23. The van der Waals surface area contributed by atoms with E-state index in [1.54, 1.807) is 25.3 Å². The van der Waals surface area contributed by atoms with Crippen LogP contribution in [0, 0.1) is 3.57 Å². The summed E-state index contributed by atoms with van der Waals surface area (Å²) in [6.07, 6.45) is 0.963. The molecule has 1 N–H and O–H groups in total. The zero-order valence-electron chi connectivity index (χ0n) is 13.3. The zero-order chi connectivity index (χ0) is 17.0. The Kier molecular flexibility index (Phi) is 6.05. The molecule has 0 fully saturated rings. The highest BCUT2D eigenvalue weighted by atomic mass is 127. The largest absolute Gasteiger partial charge is 0.496 e. The third-order valence-electron chi connectivity index (χ3n) is 3.65. The molecule has 2 aromatic rings. The van der Waals surface area contributed by atoms with E-state index in [2.05, 4.69) is 34.2 Å². The second-order valence-corrected chi connectivity index (χ2v) is 8.11. The SMILES string of the molecule is CCc1ccc([C@H](C)NS(=O)(=O)c2ccc(OC)c(I)c2)cc1. The predicted molar refractivity (Wildman–Crippen MR) is 100 cm³/mol. The lowest BCUT2D eigenvalue weighted by atomic mass is 10.1. The number of rotatable bonds is 6. The van der Waals surface area contributed by atoms with Gasteiger partial charge in [0.2, 0.25) is 10.0 Å². The number of aryl methyl sites for hydroxylation is 1. The van der Waals surface area contributed by atoms with Gasteiger partial charge in [0.05, 0.1) is 15.6 Å². The molecular weight excluding hydrogens is 425 g/mol. The second kappa shape index (κ2) is 7.63. The first-order valence-electron chi connectivity index (χ1n) is 7.32. The van der Waals surface area contributed by atoms with Gasteiger partial charge in [-0.3, -0.25) is 0 Å². The van der Waals surface area contributed by atoms with Crippen LogP contribution < -0.4 is 9.46 Å². The molecule has 0 saturated heterocycles. The van der Waals surface area contributed by atoms with E-state index >= 15 is 0 Å². The molecule has 4 nitrogen and oxygen atoms in total. The number of halogens is 1. The van der Waals surface area contributed by atoms with Crippen molar-refractivity contribution in [2.75, 3.05) is 7.11 Å². The fraction of sp³-hybridized carbons (Fsp3) is 0.294. The monoisotopic (exact) mass is 445 g/mol. The third kappa shape index (κ3) is 4.45. The van der Waals surface area contributed by atoms with Crippen LogP contribution in [0.3, 0.4) is 0 Å². The molecule has 0 spiro atoms. The number of methoxy groups -OCH3 is 1. The van der Waals surface area contributed by atoms with E-state index in [1.165, 1.54) is 5.56 Å². The lowest BCUT2D eigenvalue weighted by Crippen LogP contribution is -2.27. The van der Waals surface area contributed by atoms with E-state index in [0.29, 0.717) is 5.75 Å². The molecule has 2 aromatic carbocycles. The van der Waals surface area contributed by atoms with Gasteiger partial charge in [0.15, 0.2) is 0 Å². The summed E-state index contributed by atoms with van der Waals surface area (Å²) in [6, 6.07) is 12.5. The van der Waals surface area contributed by atoms with Gasteiger partial charge in [-0.25, -0.2) is 13.1 Å². The lowest BCUT2D eigenvalue weighted by Gasteiger charge is -2.15. The Bertz CT molecular complexity index is 773. The number of ether oxygens (including phenoxy) is 1. The van der Waals surface area contributed by atoms with Crippen molar-refractivity contribution >= 4 is 32.6 Å². The Morgan fingerprint density at radius 1 is 1.17 bits per heavy atom. The minimum Gasteiger partial charge on any atom is -0.496 e. The number of sulfonamides is 1. The molecule has 0 bridgehead atoms. The molecule has 0 aliphatic carbocycles. The minimum absolute atomic E-state index is 0.236. The van der Waals surface area contributed by atoms with Crippen molar-refractivity contribution < 1.29 is 13.2 Å². The summed E-state index contributed by atoms with van der Waals surface area (Å²) in [5.41, 5.74) is 2.17. The maximum Gasteiger partial charge on any atom is 0.241 e. The van der Waals surface area contributed by atoms with Crippen LogP contribution in [0.2, 0.25) is 0 Å². The third-order valence-corrected chi connectivity index (χ3v) is 6.03. The highest BCUT2D eigenvalue weighted by Gasteiger charge is 2.19. The summed E-state index contributed by atoms with van der Waals surface area (Å²) in [6.45, 7) is 3.93.